The minimum Gasteiger partial charge on any atom is -0.504 e. The number of hydrogen-bond donors (Lipinski definition) is 2. The summed E-state index contributed by atoms with van der Waals surface area (Å²) in [4.78, 5) is 13.3. The van der Waals surface area contributed by atoms with Crippen molar-refractivity contribution in [1.82, 2.24) is 0 Å². The Hall–Kier alpha value is -2.58. The van der Waals surface area contributed by atoms with Crippen LogP contribution in [-0.4, -0.2) is 37.5 Å². The molecule has 0 radical (unpaired) electrons. The van der Waals surface area contributed by atoms with Crippen molar-refractivity contribution in [2.45, 2.75) is 9.79 Å². The maximum absolute atomic E-state index is 11.7. The summed E-state index contributed by atoms with van der Waals surface area (Å²) in [6.07, 6.45) is 0. The van der Waals surface area contributed by atoms with Gasteiger partial charge in [-0.05, 0) is 24.3 Å². The molecule has 2 aromatic carbocycles. The number of phenols is 1. The van der Waals surface area contributed by atoms with Crippen LogP contribution in [0.4, 0.5) is 0 Å². The zero-order chi connectivity index (χ0) is 18.8. The van der Waals surface area contributed by atoms with Gasteiger partial charge in [0.05, 0.1) is 21.3 Å². The molecule has 0 amide bonds. The highest BCUT2D eigenvalue weighted by molar-refractivity contribution is 7.99. The maximum Gasteiger partial charge on any atom is 0.347 e. The Morgan fingerprint density at radius 2 is 1.65 bits per heavy atom. The van der Waals surface area contributed by atoms with E-state index in [9.17, 15) is 15.0 Å². The smallest absolute Gasteiger partial charge is 0.347 e. The molecule has 2 N–H and O–H groups in total. The number of carboxylic acid groups (broad SMARTS) is 1. The van der Waals surface area contributed by atoms with Crippen LogP contribution in [0.2, 0.25) is 0 Å². The van der Waals surface area contributed by atoms with Crippen molar-refractivity contribution < 1.29 is 29.2 Å². The molecular formula is C18H16O6S2. The summed E-state index contributed by atoms with van der Waals surface area (Å²) >= 11 is 2.47. The summed E-state index contributed by atoms with van der Waals surface area (Å²) in [5.41, 5.74) is 0. The lowest BCUT2D eigenvalue weighted by Crippen LogP contribution is -1.94. The Labute approximate surface area is 157 Å². The second-order valence-corrected chi connectivity index (χ2v) is 7.34. The van der Waals surface area contributed by atoms with Crippen LogP contribution >= 0.6 is 23.1 Å². The van der Waals surface area contributed by atoms with E-state index in [1.165, 1.54) is 50.5 Å². The molecule has 1 heterocycles. The normalized spacial score (nSPS) is 10.7. The molecule has 0 aliphatic carbocycles. The van der Waals surface area contributed by atoms with Gasteiger partial charge in [-0.15, -0.1) is 11.3 Å². The Bertz CT molecular complexity index is 979. The van der Waals surface area contributed by atoms with Crippen molar-refractivity contribution in [3.05, 3.63) is 35.2 Å². The van der Waals surface area contributed by atoms with Crippen LogP contribution < -0.4 is 14.2 Å². The van der Waals surface area contributed by atoms with Crippen molar-refractivity contribution in [2.24, 2.45) is 0 Å². The predicted octanol–water partition coefficient (Wildman–Crippen LogP) is 4.48. The van der Waals surface area contributed by atoms with Crippen LogP contribution in [0, 0.1) is 0 Å². The highest BCUT2D eigenvalue weighted by Gasteiger charge is 2.21. The molecule has 0 aliphatic heterocycles. The summed E-state index contributed by atoms with van der Waals surface area (Å²) in [7, 11) is 4.53. The van der Waals surface area contributed by atoms with E-state index >= 15 is 0 Å². The Balaban J connectivity index is 2.16. The van der Waals surface area contributed by atoms with Crippen LogP contribution in [0.3, 0.4) is 0 Å². The van der Waals surface area contributed by atoms with Crippen molar-refractivity contribution in [3.63, 3.8) is 0 Å². The minimum atomic E-state index is -1.00. The van der Waals surface area contributed by atoms with E-state index in [2.05, 4.69) is 0 Å². The fraction of sp³-hybridized carbons (Fsp3) is 0.167. The quantitative estimate of drug-likeness (QED) is 0.639. The van der Waals surface area contributed by atoms with Crippen LogP contribution in [0.1, 0.15) is 9.67 Å². The van der Waals surface area contributed by atoms with E-state index in [0.717, 1.165) is 15.0 Å². The van der Waals surface area contributed by atoms with E-state index in [0.29, 0.717) is 22.1 Å². The number of carboxylic acids is 1. The number of aromatic carboxylic acids is 1. The van der Waals surface area contributed by atoms with E-state index in [4.69, 9.17) is 14.2 Å². The predicted molar refractivity (Wildman–Crippen MR) is 101 cm³/mol. The number of benzene rings is 2. The van der Waals surface area contributed by atoms with Gasteiger partial charge in [-0.1, -0.05) is 11.8 Å². The fourth-order valence-electron chi connectivity index (χ4n) is 2.48. The molecule has 0 aliphatic rings. The topological polar surface area (TPSA) is 85.2 Å². The number of aromatic hydroxyl groups is 1. The monoisotopic (exact) mass is 392 g/mol. The van der Waals surface area contributed by atoms with Gasteiger partial charge in [-0.2, -0.15) is 0 Å². The molecule has 26 heavy (non-hydrogen) atoms. The van der Waals surface area contributed by atoms with Gasteiger partial charge >= 0.3 is 5.97 Å². The fourth-order valence-corrected chi connectivity index (χ4v) is 4.74. The van der Waals surface area contributed by atoms with Gasteiger partial charge in [0, 0.05) is 25.9 Å². The van der Waals surface area contributed by atoms with E-state index in [1.54, 1.807) is 24.3 Å². The summed E-state index contributed by atoms with van der Waals surface area (Å²) < 4.78 is 16.5. The molecule has 8 heteroatoms. The van der Waals surface area contributed by atoms with Gasteiger partial charge in [0.2, 0.25) is 0 Å². The molecular weight excluding hydrogens is 376 g/mol. The number of methoxy groups -OCH3 is 3. The largest absolute Gasteiger partial charge is 0.504 e. The molecule has 0 spiro atoms. The lowest BCUT2D eigenvalue weighted by atomic mass is 10.2. The Kier molecular flexibility index (Phi) is 5.15. The summed E-state index contributed by atoms with van der Waals surface area (Å²) in [5, 5.41) is 20.1. The molecule has 136 valence electrons. The first-order chi connectivity index (χ1) is 12.5. The van der Waals surface area contributed by atoms with E-state index in [-0.39, 0.29) is 10.6 Å². The first-order valence-corrected chi connectivity index (χ1v) is 9.08. The van der Waals surface area contributed by atoms with Gasteiger partial charge in [-0.25, -0.2) is 4.79 Å². The van der Waals surface area contributed by atoms with Crippen LogP contribution in [0.25, 0.3) is 10.1 Å². The second kappa shape index (κ2) is 7.35. The van der Waals surface area contributed by atoms with Gasteiger partial charge in [0.1, 0.15) is 4.88 Å². The number of fused-ring (bicyclic) bond motifs is 1. The highest BCUT2D eigenvalue weighted by atomic mass is 32.2. The molecule has 1 aromatic heterocycles. The molecule has 0 saturated carbocycles. The zero-order valence-corrected chi connectivity index (χ0v) is 15.9. The lowest BCUT2D eigenvalue weighted by Gasteiger charge is -2.09. The molecule has 0 saturated heterocycles. The third-order valence-electron chi connectivity index (χ3n) is 3.71. The standard InChI is InChI=1S/C18H16O6S2/c1-22-12-6-9(4-5-11(12)19)25-16-10-7-13(23-2)14(24-3)8-15(10)26-17(16)18(20)21/h4-8,19H,1-3H3,(H,20,21). The van der Waals surface area contributed by atoms with Crippen LogP contribution in [0.15, 0.2) is 40.1 Å². The number of ether oxygens (including phenoxy) is 3. The average Bonchev–Trinajstić information content (AvgIpc) is 2.99. The van der Waals surface area contributed by atoms with Crippen LogP contribution in [0.5, 0.6) is 23.0 Å². The SMILES string of the molecule is COc1cc(Sc2c(C(=O)O)sc3cc(OC)c(OC)cc23)ccc1O. The molecule has 0 fully saturated rings. The number of hydrogen-bond acceptors (Lipinski definition) is 7. The van der Waals surface area contributed by atoms with Crippen molar-refractivity contribution in [2.75, 3.05) is 21.3 Å². The molecule has 6 nitrogen and oxygen atoms in total. The average molecular weight is 392 g/mol. The number of rotatable bonds is 6. The molecule has 0 bridgehead atoms. The lowest BCUT2D eigenvalue weighted by molar-refractivity contribution is 0.0699. The third kappa shape index (κ3) is 3.25. The molecule has 0 atom stereocenters. The van der Waals surface area contributed by atoms with Gasteiger partial charge < -0.3 is 24.4 Å². The minimum absolute atomic E-state index is 0.0249. The summed E-state index contributed by atoms with van der Waals surface area (Å²) in [6.45, 7) is 0. The van der Waals surface area contributed by atoms with Gasteiger partial charge in [0.15, 0.2) is 23.0 Å². The second-order valence-electron chi connectivity index (χ2n) is 5.20. The first kappa shape index (κ1) is 18.2. The van der Waals surface area contributed by atoms with Crippen molar-refractivity contribution in [1.29, 1.82) is 0 Å². The van der Waals surface area contributed by atoms with Gasteiger partial charge in [-0.3, -0.25) is 0 Å². The van der Waals surface area contributed by atoms with E-state index in [1.807, 2.05) is 0 Å². The Morgan fingerprint density at radius 3 is 2.27 bits per heavy atom. The van der Waals surface area contributed by atoms with E-state index < -0.39 is 5.97 Å². The van der Waals surface area contributed by atoms with Crippen molar-refractivity contribution in [3.8, 4) is 23.0 Å². The molecule has 3 aromatic rings. The van der Waals surface area contributed by atoms with Crippen molar-refractivity contribution >= 4 is 39.2 Å². The first-order valence-electron chi connectivity index (χ1n) is 7.45. The third-order valence-corrected chi connectivity index (χ3v) is 6.10. The summed E-state index contributed by atoms with van der Waals surface area (Å²) in [6, 6.07) is 8.43. The zero-order valence-electron chi connectivity index (χ0n) is 14.2. The van der Waals surface area contributed by atoms with Crippen LogP contribution in [-0.2, 0) is 0 Å². The maximum atomic E-state index is 11.7. The number of phenolic OH excluding ortho intramolecular Hbond substituents is 1. The number of thiophene rings is 1. The van der Waals surface area contributed by atoms with Gasteiger partial charge in [0.25, 0.3) is 0 Å². The molecule has 3 rings (SSSR count). The Morgan fingerprint density at radius 1 is 1.00 bits per heavy atom. The highest BCUT2D eigenvalue weighted by Crippen LogP contribution is 2.46. The molecule has 0 unspecified atom stereocenters. The summed E-state index contributed by atoms with van der Waals surface area (Å²) in [5.74, 6) is 0.417. The number of carbonyl (C=O) groups is 1.